The molecule has 6 heterocycles. The number of rotatable bonds is 10. The Morgan fingerprint density at radius 3 is 1.20 bits per heavy atom. The molecule has 6 N–H and O–H groups in total. The number of hydrogen-bond donors (Lipinski definition) is 4. The Balaban J connectivity index is 0.000000121. The summed E-state index contributed by atoms with van der Waals surface area (Å²) in [7, 11) is 3.94. The Morgan fingerprint density at radius 2 is 0.797 bits per heavy atom. The predicted molar refractivity (Wildman–Crippen MR) is 299 cm³/mol. The second-order valence-corrected chi connectivity index (χ2v) is 18.7. The maximum Gasteiger partial charge on any atom is 0.0952 e. The average Bonchev–Trinajstić information content (AvgIpc) is 3.48. The van der Waals surface area contributed by atoms with E-state index in [1.807, 2.05) is 50.8 Å². The van der Waals surface area contributed by atoms with Crippen LogP contribution in [0.1, 0.15) is 68.9 Å². The molecule has 12 rings (SSSR count). The van der Waals surface area contributed by atoms with E-state index in [0.29, 0.717) is 13.1 Å². The van der Waals surface area contributed by atoms with Gasteiger partial charge >= 0.3 is 0 Å². The fourth-order valence-corrected chi connectivity index (χ4v) is 10.7. The summed E-state index contributed by atoms with van der Waals surface area (Å²) in [5.74, 6) is 0. The lowest BCUT2D eigenvalue weighted by molar-refractivity contribution is 0.0439. The number of fused-ring (bicyclic) bond motifs is 4. The summed E-state index contributed by atoms with van der Waals surface area (Å²) in [6.45, 7) is 5.88. The van der Waals surface area contributed by atoms with Crippen molar-refractivity contribution in [2.45, 2.75) is 50.1 Å². The van der Waals surface area contributed by atoms with E-state index in [9.17, 15) is 0 Å². The maximum absolute atomic E-state index is 5.87. The Hall–Kier alpha value is -6.70. The summed E-state index contributed by atoms with van der Waals surface area (Å²) in [6.07, 6.45) is 9.82. The lowest BCUT2D eigenvalue weighted by atomic mass is 9.89. The van der Waals surface area contributed by atoms with Gasteiger partial charge in [0, 0.05) is 55.9 Å². The summed E-state index contributed by atoms with van der Waals surface area (Å²) >= 11 is 0. The minimum Gasteiger partial charge on any atom is -0.372 e. The van der Waals surface area contributed by atoms with E-state index >= 15 is 0 Å². The fraction of sp³-hybridized carbons (Fsp3) is 0.281. The molecular weight excluding hydrogens is 917 g/mol. The zero-order valence-corrected chi connectivity index (χ0v) is 42.8. The highest BCUT2D eigenvalue weighted by atomic mass is 16.5. The van der Waals surface area contributed by atoms with Gasteiger partial charge in [0.15, 0.2) is 0 Å². The normalized spacial score (nSPS) is 18.2. The minimum absolute atomic E-state index is 0.0254. The van der Waals surface area contributed by atoms with E-state index in [2.05, 4.69) is 160 Å². The molecule has 4 atom stereocenters. The number of aromatic nitrogens is 2. The number of nitrogens with zero attached hydrogens (tertiary/aromatic N) is 2. The van der Waals surface area contributed by atoms with Crippen molar-refractivity contribution in [2.24, 2.45) is 11.5 Å². The van der Waals surface area contributed by atoms with Crippen molar-refractivity contribution in [3.05, 3.63) is 227 Å². The molecule has 10 nitrogen and oxygen atoms in total. The second kappa shape index (κ2) is 26.5. The van der Waals surface area contributed by atoms with Crippen LogP contribution in [0.15, 0.2) is 182 Å². The van der Waals surface area contributed by atoms with E-state index in [0.717, 1.165) is 76.5 Å². The molecule has 10 heteroatoms. The molecule has 0 saturated carbocycles. The summed E-state index contributed by atoms with van der Waals surface area (Å²) in [5.41, 5.74) is 32.1. The first kappa shape index (κ1) is 52.2. The van der Waals surface area contributed by atoms with Crippen LogP contribution in [0.4, 0.5) is 0 Å². The van der Waals surface area contributed by atoms with Crippen molar-refractivity contribution in [3.63, 3.8) is 0 Å². The van der Waals surface area contributed by atoms with E-state index in [-0.39, 0.29) is 24.4 Å². The van der Waals surface area contributed by atoms with Gasteiger partial charge < -0.3 is 41.0 Å². The summed E-state index contributed by atoms with van der Waals surface area (Å²) < 4.78 is 23.1. The van der Waals surface area contributed by atoms with Gasteiger partial charge in [0.25, 0.3) is 0 Å². The Morgan fingerprint density at radius 1 is 0.405 bits per heavy atom. The van der Waals surface area contributed by atoms with Gasteiger partial charge in [-0.15, -0.1) is 0 Å². The van der Waals surface area contributed by atoms with Crippen LogP contribution in [-0.2, 0) is 44.6 Å². The Labute approximate surface area is 437 Å². The SMILES string of the molecule is CNCC1OCCc2c(-c3ccccc3)cccc21.CNCC1OCCc2c(-c3ccccc3)cccc21.NCC1OCCc2c(-c3ccccn3)cccc21.NCC1OCCc2c(-c3cccnc3)cccc21. The first-order valence-electron chi connectivity index (χ1n) is 26.2. The molecule has 0 spiro atoms. The summed E-state index contributed by atoms with van der Waals surface area (Å²) in [6, 6.07) is 57.0. The Kier molecular flexibility index (Phi) is 18.7. The van der Waals surface area contributed by atoms with Crippen LogP contribution in [0.25, 0.3) is 44.6 Å². The molecule has 0 radical (unpaired) electrons. The number of nitrogens with one attached hydrogen (secondary N) is 2. The average molecular weight is 987 g/mol. The standard InChI is InChI=1S/2C17H19NO.2C15H16N2O/c2*1-18-12-17-16-9-5-8-14(15(16)10-11-19-17)13-6-3-2-4-7-13;16-9-15-14-5-1-4-12(13(14)6-8-18-15)11-3-2-7-17-10-11;16-10-15-13-5-3-4-12(11(13)7-9-18-15)14-6-1-2-8-17-14/h2*2-9,17-18H,10-12H2,1H3;1-5,7,10,15H,6,8-9,16H2;1-6,8,15H,7,9-10,16H2. The zero-order chi connectivity index (χ0) is 50.9. The summed E-state index contributed by atoms with van der Waals surface area (Å²) in [5, 5.41) is 6.43. The van der Waals surface area contributed by atoms with Crippen molar-refractivity contribution in [2.75, 3.05) is 66.7 Å². The van der Waals surface area contributed by atoms with Gasteiger partial charge in [-0.05, 0) is 130 Å². The van der Waals surface area contributed by atoms with Crippen LogP contribution in [0.3, 0.4) is 0 Å². The topological polar surface area (TPSA) is 139 Å². The molecular formula is C64H70N6O4. The zero-order valence-electron chi connectivity index (χ0n) is 42.8. The molecule has 6 aromatic carbocycles. The monoisotopic (exact) mass is 987 g/mol. The van der Waals surface area contributed by atoms with E-state index in [4.69, 9.17) is 30.4 Å². The van der Waals surface area contributed by atoms with Crippen LogP contribution in [-0.4, -0.2) is 76.7 Å². The molecule has 0 amide bonds. The molecule has 4 aliphatic heterocycles. The molecule has 0 fully saturated rings. The lowest BCUT2D eigenvalue weighted by Gasteiger charge is -2.28. The third kappa shape index (κ3) is 12.4. The van der Waals surface area contributed by atoms with Crippen LogP contribution < -0.4 is 22.1 Å². The largest absolute Gasteiger partial charge is 0.372 e. The van der Waals surface area contributed by atoms with Gasteiger partial charge in [0.2, 0.25) is 0 Å². The van der Waals surface area contributed by atoms with Gasteiger partial charge in [-0.1, -0.05) is 146 Å². The van der Waals surface area contributed by atoms with Crippen molar-refractivity contribution in [3.8, 4) is 44.6 Å². The minimum atomic E-state index is 0.0254. The third-order valence-corrected chi connectivity index (χ3v) is 14.2. The van der Waals surface area contributed by atoms with Gasteiger partial charge in [0.1, 0.15) is 0 Å². The second-order valence-electron chi connectivity index (χ2n) is 18.7. The molecule has 0 bridgehead atoms. The van der Waals surface area contributed by atoms with E-state index in [1.54, 1.807) is 6.20 Å². The van der Waals surface area contributed by atoms with Gasteiger partial charge in [0.05, 0.1) is 56.5 Å². The quantitative estimate of drug-likeness (QED) is 0.105. The molecule has 2 aromatic heterocycles. The summed E-state index contributed by atoms with van der Waals surface area (Å²) in [4.78, 5) is 8.63. The number of nitrogens with two attached hydrogens (primary N) is 2. The first-order chi connectivity index (χ1) is 36.6. The van der Waals surface area contributed by atoms with Crippen molar-refractivity contribution < 1.29 is 18.9 Å². The van der Waals surface area contributed by atoms with Gasteiger partial charge in [-0.2, -0.15) is 0 Å². The van der Waals surface area contributed by atoms with Crippen LogP contribution in [0, 0.1) is 0 Å². The molecule has 4 aliphatic rings. The molecule has 0 saturated heterocycles. The first-order valence-corrected chi connectivity index (χ1v) is 26.2. The highest BCUT2D eigenvalue weighted by Gasteiger charge is 2.26. The third-order valence-electron chi connectivity index (χ3n) is 14.2. The number of pyridine rings is 2. The van der Waals surface area contributed by atoms with Crippen LogP contribution in [0.5, 0.6) is 0 Å². The van der Waals surface area contributed by atoms with Crippen LogP contribution in [0.2, 0.25) is 0 Å². The van der Waals surface area contributed by atoms with E-state index in [1.165, 1.54) is 77.9 Å². The molecule has 74 heavy (non-hydrogen) atoms. The van der Waals surface area contributed by atoms with Gasteiger partial charge in [-0.25, -0.2) is 0 Å². The van der Waals surface area contributed by atoms with Crippen molar-refractivity contribution >= 4 is 0 Å². The van der Waals surface area contributed by atoms with Crippen molar-refractivity contribution in [1.82, 2.24) is 20.6 Å². The highest BCUT2D eigenvalue weighted by Crippen LogP contribution is 2.37. The number of benzene rings is 6. The molecule has 8 aromatic rings. The highest BCUT2D eigenvalue weighted by molar-refractivity contribution is 5.71. The molecule has 4 unspecified atom stereocenters. The molecule has 380 valence electrons. The number of likely N-dealkylation sites (N-methyl/N-ethyl adjacent to an activating group) is 2. The number of ether oxygens (including phenoxy) is 4. The number of hydrogen-bond acceptors (Lipinski definition) is 10. The van der Waals surface area contributed by atoms with Crippen molar-refractivity contribution in [1.29, 1.82) is 0 Å². The maximum atomic E-state index is 5.87. The van der Waals surface area contributed by atoms with Gasteiger partial charge in [-0.3, -0.25) is 9.97 Å². The Bertz CT molecular complexity index is 2790. The van der Waals surface area contributed by atoms with Crippen LogP contribution >= 0.6 is 0 Å². The molecule has 0 aliphatic carbocycles. The predicted octanol–water partition coefficient (Wildman–Crippen LogP) is 11.0. The fourth-order valence-electron chi connectivity index (χ4n) is 10.7. The van der Waals surface area contributed by atoms with E-state index < -0.39 is 0 Å². The lowest BCUT2D eigenvalue weighted by Crippen LogP contribution is -2.25. The smallest absolute Gasteiger partial charge is 0.0952 e.